The summed E-state index contributed by atoms with van der Waals surface area (Å²) < 4.78 is 5.24. The third-order valence-electron chi connectivity index (χ3n) is 3.69. The van der Waals surface area contributed by atoms with E-state index in [4.69, 9.17) is 4.74 Å². The van der Waals surface area contributed by atoms with E-state index < -0.39 is 0 Å². The molecule has 0 aromatic carbocycles. The van der Waals surface area contributed by atoms with Crippen LogP contribution in [0, 0.1) is 5.92 Å². The molecule has 1 aliphatic carbocycles. The fourth-order valence-electron chi connectivity index (χ4n) is 2.51. The zero-order chi connectivity index (χ0) is 12.6. The quantitative estimate of drug-likeness (QED) is 0.590. The first kappa shape index (κ1) is 13.6. The summed E-state index contributed by atoms with van der Waals surface area (Å²) in [6, 6.07) is 0. The van der Waals surface area contributed by atoms with Gasteiger partial charge in [-0.3, -0.25) is 4.79 Å². The molecule has 18 heavy (non-hydrogen) atoms. The number of rotatable bonds is 5. The number of amides is 1. The highest BCUT2D eigenvalue weighted by molar-refractivity contribution is 5.76. The Bertz CT molecular complexity index is 286. The highest BCUT2D eigenvalue weighted by Crippen LogP contribution is 2.16. The molecule has 4 heteroatoms. The number of allylic oxidation sites excluding steroid dienone is 2. The third-order valence-corrected chi connectivity index (χ3v) is 3.69. The highest BCUT2D eigenvalue weighted by Gasteiger charge is 2.16. The normalized spacial score (nSPS) is 24.2. The maximum atomic E-state index is 11.9. The topological polar surface area (TPSA) is 41.6 Å². The van der Waals surface area contributed by atoms with E-state index in [1.54, 1.807) is 0 Å². The summed E-state index contributed by atoms with van der Waals surface area (Å²) in [5.41, 5.74) is 0. The minimum atomic E-state index is 0.259. The van der Waals surface area contributed by atoms with Crippen LogP contribution in [0.5, 0.6) is 0 Å². The number of carbonyl (C=O) groups is 1. The maximum Gasteiger partial charge on any atom is 0.224 e. The van der Waals surface area contributed by atoms with Crippen molar-refractivity contribution in [3.05, 3.63) is 12.2 Å². The van der Waals surface area contributed by atoms with Crippen molar-refractivity contribution in [2.45, 2.75) is 25.7 Å². The van der Waals surface area contributed by atoms with Gasteiger partial charge in [0.05, 0.1) is 13.2 Å². The van der Waals surface area contributed by atoms with Crippen molar-refractivity contribution < 1.29 is 9.53 Å². The fourth-order valence-corrected chi connectivity index (χ4v) is 2.51. The molecule has 1 unspecified atom stereocenters. The first-order valence-electron chi connectivity index (χ1n) is 7.07. The molecule has 0 saturated carbocycles. The molecule has 0 bridgehead atoms. The molecule has 1 N–H and O–H groups in total. The lowest BCUT2D eigenvalue weighted by Gasteiger charge is -2.27. The molecule has 1 atom stereocenters. The largest absolute Gasteiger partial charge is 0.378 e. The van der Waals surface area contributed by atoms with E-state index in [1.807, 2.05) is 4.90 Å². The lowest BCUT2D eigenvalue weighted by molar-refractivity contribution is -0.135. The first-order chi connectivity index (χ1) is 8.86. The molecule has 2 aliphatic rings. The highest BCUT2D eigenvalue weighted by atomic mass is 16.5. The molecule has 2 rings (SSSR count). The predicted octanol–water partition coefficient (Wildman–Crippen LogP) is 1.18. The van der Waals surface area contributed by atoms with Crippen LogP contribution in [-0.2, 0) is 9.53 Å². The van der Waals surface area contributed by atoms with Gasteiger partial charge in [-0.1, -0.05) is 12.2 Å². The Morgan fingerprint density at radius 3 is 2.89 bits per heavy atom. The van der Waals surface area contributed by atoms with Crippen LogP contribution < -0.4 is 5.32 Å². The Kier molecular flexibility index (Phi) is 5.68. The Morgan fingerprint density at radius 2 is 2.17 bits per heavy atom. The summed E-state index contributed by atoms with van der Waals surface area (Å²) in [6.07, 6.45) is 8.82. The molecular weight excluding hydrogens is 228 g/mol. The van der Waals surface area contributed by atoms with E-state index in [-0.39, 0.29) is 5.91 Å². The minimum absolute atomic E-state index is 0.259. The molecule has 0 aromatic heterocycles. The van der Waals surface area contributed by atoms with Gasteiger partial charge in [0, 0.05) is 26.1 Å². The number of nitrogens with zero attached hydrogens (tertiary/aromatic N) is 1. The number of morpholine rings is 1. The summed E-state index contributed by atoms with van der Waals surface area (Å²) in [7, 11) is 0. The second-order valence-electron chi connectivity index (χ2n) is 5.10. The van der Waals surface area contributed by atoms with Crippen LogP contribution in [0.3, 0.4) is 0 Å². The molecule has 1 fully saturated rings. The monoisotopic (exact) mass is 252 g/mol. The van der Waals surface area contributed by atoms with E-state index in [0.717, 1.165) is 32.1 Å². The molecule has 0 spiro atoms. The van der Waals surface area contributed by atoms with Gasteiger partial charge in [0.1, 0.15) is 0 Å². The van der Waals surface area contributed by atoms with Crippen LogP contribution in [0.15, 0.2) is 12.2 Å². The zero-order valence-corrected chi connectivity index (χ0v) is 11.1. The maximum absolute atomic E-state index is 11.9. The molecule has 4 nitrogen and oxygen atoms in total. The lowest BCUT2D eigenvalue weighted by Crippen LogP contribution is -2.41. The van der Waals surface area contributed by atoms with E-state index >= 15 is 0 Å². The molecule has 1 heterocycles. The van der Waals surface area contributed by atoms with Crippen LogP contribution in [0.2, 0.25) is 0 Å². The number of carbonyl (C=O) groups excluding carboxylic acids is 1. The van der Waals surface area contributed by atoms with E-state index in [1.165, 1.54) is 19.3 Å². The van der Waals surface area contributed by atoms with Crippen LogP contribution in [0.4, 0.5) is 0 Å². The van der Waals surface area contributed by atoms with Crippen LogP contribution in [0.1, 0.15) is 25.7 Å². The van der Waals surface area contributed by atoms with Gasteiger partial charge in [-0.25, -0.2) is 0 Å². The van der Waals surface area contributed by atoms with Gasteiger partial charge in [-0.15, -0.1) is 0 Å². The predicted molar refractivity (Wildman–Crippen MR) is 71.4 cm³/mol. The number of ether oxygens (including phenoxy) is 1. The van der Waals surface area contributed by atoms with Crippen molar-refractivity contribution in [1.29, 1.82) is 0 Å². The average Bonchev–Trinajstić information content (AvgIpc) is 2.45. The SMILES string of the molecule is O=C(CCNCC1CC=CCC1)N1CCOCC1. The first-order valence-corrected chi connectivity index (χ1v) is 7.07. The van der Waals surface area contributed by atoms with Gasteiger partial charge in [0.15, 0.2) is 0 Å². The van der Waals surface area contributed by atoms with Crippen molar-refractivity contribution in [1.82, 2.24) is 10.2 Å². The summed E-state index contributed by atoms with van der Waals surface area (Å²) in [6.45, 7) is 4.73. The van der Waals surface area contributed by atoms with Crippen LogP contribution >= 0.6 is 0 Å². The summed E-state index contributed by atoms with van der Waals surface area (Å²) in [4.78, 5) is 13.8. The number of hydrogen-bond donors (Lipinski definition) is 1. The standard InChI is InChI=1S/C14H24N2O2/c17-14(16-8-10-18-11-9-16)6-7-15-12-13-4-2-1-3-5-13/h1-2,13,15H,3-12H2. The number of nitrogens with one attached hydrogen (secondary N) is 1. The van der Waals surface area contributed by atoms with E-state index in [0.29, 0.717) is 19.6 Å². The molecule has 0 radical (unpaired) electrons. The van der Waals surface area contributed by atoms with Crippen LogP contribution in [-0.4, -0.2) is 50.2 Å². The molecule has 1 saturated heterocycles. The smallest absolute Gasteiger partial charge is 0.224 e. The van der Waals surface area contributed by atoms with Gasteiger partial charge in [-0.05, 0) is 31.7 Å². The van der Waals surface area contributed by atoms with Gasteiger partial charge in [0.25, 0.3) is 0 Å². The van der Waals surface area contributed by atoms with Gasteiger partial charge in [-0.2, -0.15) is 0 Å². The molecule has 102 valence electrons. The molecule has 1 aliphatic heterocycles. The molecule has 1 amide bonds. The Hall–Kier alpha value is -0.870. The van der Waals surface area contributed by atoms with Gasteiger partial charge < -0.3 is 15.0 Å². The average molecular weight is 252 g/mol. The van der Waals surface area contributed by atoms with Crippen molar-refractivity contribution in [2.75, 3.05) is 39.4 Å². The zero-order valence-electron chi connectivity index (χ0n) is 11.1. The Balaban J connectivity index is 1.54. The van der Waals surface area contributed by atoms with Crippen molar-refractivity contribution in [3.63, 3.8) is 0 Å². The fraction of sp³-hybridized carbons (Fsp3) is 0.786. The van der Waals surface area contributed by atoms with Crippen molar-refractivity contribution >= 4 is 5.91 Å². The van der Waals surface area contributed by atoms with Gasteiger partial charge >= 0.3 is 0 Å². The lowest BCUT2D eigenvalue weighted by atomic mass is 9.94. The summed E-state index contributed by atoms with van der Waals surface area (Å²) in [5, 5.41) is 3.41. The Morgan fingerprint density at radius 1 is 1.33 bits per heavy atom. The third kappa shape index (κ3) is 4.42. The Labute approximate surface area is 109 Å². The summed E-state index contributed by atoms with van der Waals surface area (Å²) >= 11 is 0. The van der Waals surface area contributed by atoms with Crippen molar-refractivity contribution in [3.8, 4) is 0 Å². The van der Waals surface area contributed by atoms with Crippen molar-refractivity contribution in [2.24, 2.45) is 5.92 Å². The number of hydrogen-bond acceptors (Lipinski definition) is 3. The van der Waals surface area contributed by atoms with Crippen LogP contribution in [0.25, 0.3) is 0 Å². The van der Waals surface area contributed by atoms with Gasteiger partial charge in [0.2, 0.25) is 5.91 Å². The second kappa shape index (κ2) is 7.54. The summed E-state index contributed by atoms with van der Waals surface area (Å²) in [5.74, 6) is 1.02. The van der Waals surface area contributed by atoms with E-state index in [9.17, 15) is 4.79 Å². The second-order valence-corrected chi connectivity index (χ2v) is 5.10. The minimum Gasteiger partial charge on any atom is -0.378 e. The molecular formula is C14H24N2O2. The molecule has 0 aromatic rings. The van der Waals surface area contributed by atoms with E-state index in [2.05, 4.69) is 17.5 Å².